The van der Waals surface area contributed by atoms with Crippen LogP contribution >= 0.6 is 27.5 Å². The smallest absolute Gasteiger partial charge is 0.147 e. The molecule has 0 aliphatic rings. The van der Waals surface area contributed by atoms with E-state index in [1.807, 2.05) is 25.1 Å². The third kappa shape index (κ3) is 6.25. The van der Waals surface area contributed by atoms with Gasteiger partial charge in [0, 0.05) is 22.5 Å². The van der Waals surface area contributed by atoms with Crippen molar-refractivity contribution in [3.8, 4) is 0 Å². The van der Waals surface area contributed by atoms with E-state index in [0.717, 1.165) is 23.0 Å². The molecule has 1 aromatic rings. The monoisotopic (exact) mass is 367 g/mol. The van der Waals surface area contributed by atoms with Crippen LogP contribution in [0.2, 0.25) is 5.02 Å². The number of sulfone groups is 1. The summed E-state index contributed by atoms with van der Waals surface area (Å²) in [6.45, 7) is 2.86. The van der Waals surface area contributed by atoms with E-state index in [2.05, 4.69) is 21.2 Å². The highest BCUT2D eigenvalue weighted by Crippen LogP contribution is 2.27. The van der Waals surface area contributed by atoms with Crippen LogP contribution in [0.1, 0.15) is 31.4 Å². The summed E-state index contributed by atoms with van der Waals surface area (Å²) in [6.07, 6.45) is 2.69. The van der Waals surface area contributed by atoms with Gasteiger partial charge in [0.25, 0.3) is 0 Å². The zero-order valence-electron chi connectivity index (χ0n) is 11.1. The normalized spacial score (nSPS) is 13.5. The topological polar surface area (TPSA) is 46.2 Å². The fourth-order valence-corrected chi connectivity index (χ4v) is 3.04. The van der Waals surface area contributed by atoms with Gasteiger partial charge in [-0.3, -0.25) is 0 Å². The van der Waals surface area contributed by atoms with Gasteiger partial charge in [-0.15, -0.1) is 0 Å². The molecule has 0 saturated carbocycles. The maximum Gasteiger partial charge on any atom is 0.147 e. The number of rotatable bonds is 7. The van der Waals surface area contributed by atoms with Crippen molar-refractivity contribution in [2.75, 3.05) is 18.6 Å². The second-order valence-corrected chi connectivity index (χ2v) is 8.08. The van der Waals surface area contributed by atoms with E-state index in [0.29, 0.717) is 11.4 Å². The Morgan fingerprint density at radius 1 is 1.42 bits per heavy atom. The Balaban J connectivity index is 2.73. The first-order valence-corrected chi connectivity index (χ1v) is 9.42. The minimum Gasteiger partial charge on any atom is -0.310 e. The molecule has 1 atom stereocenters. The third-order valence-electron chi connectivity index (χ3n) is 2.80. The minimum absolute atomic E-state index is 0.136. The van der Waals surface area contributed by atoms with Gasteiger partial charge in [-0.2, -0.15) is 0 Å². The molecule has 0 spiro atoms. The maximum atomic E-state index is 11.2. The summed E-state index contributed by atoms with van der Waals surface area (Å²) in [7, 11) is -2.89. The number of halogens is 2. The summed E-state index contributed by atoms with van der Waals surface area (Å²) in [5.41, 5.74) is 1.09. The molecule has 0 fully saturated rings. The molecule has 108 valence electrons. The number of nitrogens with one attached hydrogen (secondary N) is 1. The van der Waals surface area contributed by atoms with Crippen LogP contribution in [-0.2, 0) is 9.84 Å². The zero-order valence-corrected chi connectivity index (χ0v) is 14.3. The van der Waals surface area contributed by atoms with Gasteiger partial charge in [0.1, 0.15) is 9.84 Å². The predicted molar refractivity (Wildman–Crippen MR) is 84.5 cm³/mol. The molecule has 0 bridgehead atoms. The van der Waals surface area contributed by atoms with E-state index in [-0.39, 0.29) is 11.8 Å². The van der Waals surface area contributed by atoms with Crippen molar-refractivity contribution in [2.24, 2.45) is 0 Å². The molecule has 1 rings (SSSR count). The highest BCUT2D eigenvalue weighted by atomic mass is 79.9. The molecule has 19 heavy (non-hydrogen) atoms. The van der Waals surface area contributed by atoms with Gasteiger partial charge >= 0.3 is 0 Å². The van der Waals surface area contributed by atoms with E-state index in [4.69, 9.17) is 11.6 Å². The molecule has 1 unspecified atom stereocenters. The Bertz CT molecular complexity index is 519. The fourth-order valence-electron chi connectivity index (χ4n) is 1.91. The summed E-state index contributed by atoms with van der Waals surface area (Å²) < 4.78 is 23.2. The Kier molecular flexibility index (Phi) is 6.80. The SMILES string of the molecule is CCNC(CCCS(C)(=O)=O)c1ccc(Br)c(Cl)c1. The van der Waals surface area contributed by atoms with Crippen LogP contribution in [0.3, 0.4) is 0 Å². The Morgan fingerprint density at radius 2 is 2.11 bits per heavy atom. The van der Waals surface area contributed by atoms with Crippen LogP contribution in [0.4, 0.5) is 0 Å². The average molecular weight is 369 g/mol. The molecule has 0 aliphatic carbocycles. The molecule has 0 amide bonds. The maximum absolute atomic E-state index is 11.2. The lowest BCUT2D eigenvalue weighted by atomic mass is 10.0. The lowest BCUT2D eigenvalue weighted by molar-refractivity contribution is 0.507. The van der Waals surface area contributed by atoms with E-state index < -0.39 is 9.84 Å². The largest absolute Gasteiger partial charge is 0.310 e. The molecule has 0 heterocycles. The second-order valence-electron chi connectivity index (χ2n) is 4.56. The van der Waals surface area contributed by atoms with E-state index in [1.54, 1.807) is 0 Å². The molecular formula is C13H19BrClNO2S. The van der Waals surface area contributed by atoms with Gasteiger partial charge in [0.2, 0.25) is 0 Å². The summed E-state index contributed by atoms with van der Waals surface area (Å²) >= 11 is 9.46. The van der Waals surface area contributed by atoms with E-state index >= 15 is 0 Å². The van der Waals surface area contributed by atoms with Crippen LogP contribution in [-0.4, -0.2) is 27.0 Å². The van der Waals surface area contributed by atoms with Crippen molar-refractivity contribution in [3.63, 3.8) is 0 Å². The standard InChI is InChI=1S/C13H19BrClNO2S/c1-3-16-13(5-4-8-19(2,17)18)10-6-7-11(14)12(15)9-10/h6-7,9,13,16H,3-5,8H2,1-2H3. The predicted octanol–water partition coefficient (Wildman–Crippen LogP) is 3.58. The Hall–Kier alpha value is -0.100. The highest BCUT2D eigenvalue weighted by Gasteiger charge is 2.13. The van der Waals surface area contributed by atoms with Crippen LogP contribution in [0.25, 0.3) is 0 Å². The van der Waals surface area contributed by atoms with Crippen LogP contribution in [0.15, 0.2) is 22.7 Å². The van der Waals surface area contributed by atoms with Gasteiger partial charge < -0.3 is 5.32 Å². The Labute approximate surface area is 128 Å². The number of benzene rings is 1. The minimum atomic E-state index is -2.89. The molecule has 1 aromatic carbocycles. The van der Waals surface area contributed by atoms with Crippen LogP contribution in [0, 0.1) is 0 Å². The summed E-state index contributed by atoms with van der Waals surface area (Å²) in [6, 6.07) is 5.97. The van der Waals surface area contributed by atoms with Crippen molar-refractivity contribution in [2.45, 2.75) is 25.8 Å². The third-order valence-corrected chi connectivity index (χ3v) is 5.07. The van der Waals surface area contributed by atoms with Gasteiger partial charge in [-0.25, -0.2) is 8.42 Å². The Morgan fingerprint density at radius 3 is 2.63 bits per heavy atom. The lowest BCUT2D eigenvalue weighted by Crippen LogP contribution is -2.21. The molecule has 0 radical (unpaired) electrons. The first-order chi connectivity index (χ1) is 8.83. The first kappa shape index (κ1) is 17.0. The van der Waals surface area contributed by atoms with Crippen molar-refractivity contribution in [1.29, 1.82) is 0 Å². The molecule has 0 aromatic heterocycles. The fraction of sp³-hybridized carbons (Fsp3) is 0.538. The average Bonchev–Trinajstić information content (AvgIpc) is 2.30. The van der Waals surface area contributed by atoms with Crippen molar-refractivity contribution >= 4 is 37.4 Å². The van der Waals surface area contributed by atoms with Gasteiger partial charge in [-0.05, 0) is 53.0 Å². The van der Waals surface area contributed by atoms with Gasteiger partial charge in [-0.1, -0.05) is 24.6 Å². The lowest BCUT2D eigenvalue weighted by Gasteiger charge is -2.18. The quantitative estimate of drug-likeness (QED) is 0.800. The molecular weight excluding hydrogens is 350 g/mol. The molecule has 3 nitrogen and oxygen atoms in total. The molecule has 0 saturated heterocycles. The molecule has 1 N–H and O–H groups in total. The van der Waals surface area contributed by atoms with E-state index in [9.17, 15) is 8.42 Å². The first-order valence-electron chi connectivity index (χ1n) is 6.19. The highest BCUT2D eigenvalue weighted by molar-refractivity contribution is 9.10. The van der Waals surface area contributed by atoms with Crippen molar-refractivity contribution in [1.82, 2.24) is 5.32 Å². The van der Waals surface area contributed by atoms with Gasteiger partial charge in [0.05, 0.1) is 5.02 Å². The zero-order chi connectivity index (χ0) is 14.5. The van der Waals surface area contributed by atoms with E-state index in [1.165, 1.54) is 6.26 Å². The summed E-state index contributed by atoms with van der Waals surface area (Å²) in [5, 5.41) is 4.03. The molecule has 0 aliphatic heterocycles. The number of hydrogen-bond acceptors (Lipinski definition) is 3. The van der Waals surface area contributed by atoms with Crippen molar-refractivity contribution < 1.29 is 8.42 Å². The van der Waals surface area contributed by atoms with Crippen LogP contribution in [0.5, 0.6) is 0 Å². The second kappa shape index (κ2) is 7.62. The molecule has 6 heteroatoms. The van der Waals surface area contributed by atoms with Crippen molar-refractivity contribution in [3.05, 3.63) is 33.3 Å². The summed E-state index contributed by atoms with van der Waals surface area (Å²) in [4.78, 5) is 0. The van der Waals surface area contributed by atoms with Crippen LogP contribution < -0.4 is 5.32 Å². The van der Waals surface area contributed by atoms with Gasteiger partial charge in [0.15, 0.2) is 0 Å². The summed E-state index contributed by atoms with van der Waals surface area (Å²) in [5.74, 6) is 0.221. The number of hydrogen-bond donors (Lipinski definition) is 1.